The van der Waals surface area contributed by atoms with Crippen molar-refractivity contribution in [2.24, 2.45) is 0 Å². The number of carbonyl (C=O) groups is 1. The van der Waals surface area contributed by atoms with Crippen molar-refractivity contribution >= 4 is 11.6 Å². The summed E-state index contributed by atoms with van der Waals surface area (Å²) in [5.74, 6) is 0.692. The first-order chi connectivity index (χ1) is 11.6. The molecule has 128 valence electrons. The predicted molar refractivity (Wildman–Crippen MR) is 98.3 cm³/mol. The molecule has 24 heavy (non-hydrogen) atoms. The molecule has 0 aromatic heterocycles. The number of ether oxygens (including phenoxy) is 1. The number of amides is 1. The second-order valence-electron chi connectivity index (χ2n) is 6.00. The summed E-state index contributed by atoms with van der Waals surface area (Å²) in [7, 11) is 0. The molecule has 0 radical (unpaired) electrons. The third kappa shape index (κ3) is 5.70. The lowest BCUT2D eigenvalue weighted by atomic mass is 10.0. The molecule has 1 unspecified atom stereocenters. The Morgan fingerprint density at radius 3 is 2.50 bits per heavy atom. The van der Waals surface area contributed by atoms with Crippen LogP contribution >= 0.6 is 0 Å². The van der Waals surface area contributed by atoms with Crippen LogP contribution in [0.1, 0.15) is 38.8 Å². The molecule has 0 heterocycles. The van der Waals surface area contributed by atoms with Crippen LogP contribution in [0, 0.1) is 0 Å². The maximum atomic E-state index is 12.2. The Morgan fingerprint density at radius 2 is 1.83 bits per heavy atom. The molecular formula is C20H26N2O2. The first kappa shape index (κ1) is 18.0. The van der Waals surface area contributed by atoms with E-state index < -0.39 is 0 Å². The van der Waals surface area contributed by atoms with Crippen molar-refractivity contribution in [2.75, 3.05) is 11.9 Å². The van der Waals surface area contributed by atoms with Gasteiger partial charge < -0.3 is 15.4 Å². The molecule has 1 amide bonds. The lowest BCUT2D eigenvalue weighted by Gasteiger charge is -2.17. The molecule has 0 saturated heterocycles. The van der Waals surface area contributed by atoms with Gasteiger partial charge in [0.2, 0.25) is 5.91 Å². The molecule has 2 N–H and O–H groups in total. The predicted octanol–water partition coefficient (Wildman–Crippen LogP) is 4.15. The summed E-state index contributed by atoms with van der Waals surface area (Å²) in [6.45, 7) is 6.32. The quantitative estimate of drug-likeness (QED) is 0.766. The first-order valence-electron chi connectivity index (χ1n) is 8.43. The van der Waals surface area contributed by atoms with E-state index in [9.17, 15) is 4.79 Å². The highest BCUT2D eigenvalue weighted by Gasteiger charge is 2.10. The highest BCUT2D eigenvalue weighted by molar-refractivity contribution is 5.92. The van der Waals surface area contributed by atoms with Crippen LogP contribution in [-0.2, 0) is 4.79 Å². The molecule has 2 aromatic carbocycles. The number of carbonyl (C=O) groups excluding carboxylic acids is 1. The highest BCUT2D eigenvalue weighted by Crippen LogP contribution is 2.19. The molecule has 1 atom stereocenters. The molecule has 0 fully saturated rings. The van der Waals surface area contributed by atoms with Gasteiger partial charge >= 0.3 is 0 Å². The highest BCUT2D eigenvalue weighted by atomic mass is 16.5. The molecule has 0 spiro atoms. The lowest BCUT2D eigenvalue weighted by molar-refractivity contribution is -0.115. The molecule has 2 rings (SSSR count). The van der Waals surface area contributed by atoms with Crippen molar-refractivity contribution in [1.29, 1.82) is 0 Å². The standard InChI is InChI=1S/C20H26N2O2/c1-4-19(16-9-6-5-7-10-16)21-14-20(23)22-17-11-8-12-18(13-17)24-15(2)3/h5-13,15,19,21H,4,14H2,1-3H3,(H,22,23). The van der Waals surface area contributed by atoms with E-state index in [-0.39, 0.29) is 24.6 Å². The molecule has 0 aliphatic heterocycles. The number of hydrogen-bond donors (Lipinski definition) is 2. The summed E-state index contributed by atoms with van der Waals surface area (Å²) < 4.78 is 5.64. The van der Waals surface area contributed by atoms with Gasteiger partial charge in [-0.2, -0.15) is 0 Å². The fourth-order valence-corrected chi connectivity index (χ4v) is 2.52. The van der Waals surface area contributed by atoms with Crippen molar-refractivity contribution in [3.05, 3.63) is 60.2 Å². The third-order valence-electron chi connectivity index (χ3n) is 3.61. The Balaban J connectivity index is 1.89. The van der Waals surface area contributed by atoms with Crippen molar-refractivity contribution < 1.29 is 9.53 Å². The minimum Gasteiger partial charge on any atom is -0.491 e. The van der Waals surface area contributed by atoms with Gasteiger partial charge in [0.25, 0.3) is 0 Å². The second-order valence-corrected chi connectivity index (χ2v) is 6.00. The van der Waals surface area contributed by atoms with Crippen LogP contribution in [0.15, 0.2) is 54.6 Å². The van der Waals surface area contributed by atoms with Crippen molar-refractivity contribution in [2.45, 2.75) is 39.3 Å². The lowest BCUT2D eigenvalue weighted by Crippen LogP contribution is -2.31. The van der Waals surface area contributed by atoms with Gasteiger partial charge in [-0.15, -0.1) is 0 Å². The van der Waals surface area contributed by atoms with Gasteiger partial charge in [0, 0.05) is 17.8 Å². The summed E-state index contributed by atoms with van der Waals surface area (Å²) in [5, 5.41) is 6.21. The van der Waals surface area contributed by atoms with E-state index in [1.165, 1.54) is 5.56 Å². The SMILES string of the molecule is CCC(NCC(=O)Nc1cccc(OC(C)C)c1)c1ccccc1. The van der Waals surface area contributed by atoms with Crippen LogP contribution < -0.4 is 15.4 Å². The molecule has 4 nitrogen and oxygen atoms in total. The molecule has 0 aliphatic rings. The van der Waals surface area contributed by atoms with Crippen LogP contribution in [0.5, 0.6) is 5.75 Å². The molecule has 0 aliphatic carbocycles. The molecular weight excluding hydrogens is 300 g/mol. The molecule has 4 heteroatoms. The van der Waals surface area contributed by atoms with Gasteiger partial charge in [-0.05, 0) is 38.0 Å². The van der Waals surface area contributed by atoms with Crippen LogP contribution in [0.3, 0.4) is 0 Å². The Morgan fingerprint density at radius 1 is 1.08 bits per heavy atom. The minimum atomic E-state index is -0.0638. The van der Waals surface area contributed by atoms with Gasteiger partial charge in [0.05, 0.1) is 12.6 Å². The smallest absolute Gasteiger partial charge is 0.238 e. The normalized spacial score (nSPS) is 12.0. The maximum Gasteiger partial charge on any atom is 0.238 e. The Hall–Kier alpha value is -2.33. The zero-order valence-corrected chi connectivity index (χ0v) is 14.6. The monoisotopic (exact) mass is 326 g/mol. The Kier molecular flexibility index (Phi) is 6.82. The van der Waals surface area contributed by atoms with E-state index in [0.29, 0.717) is 0 Å². The average molecular weight is 326 g/mol. The Labute approximate surface area is 144 Å². The van der Waals surface area contributed by atoms with E-state index in [0.717, 1.165) is 17.9 Å². The number of nitrogens with one attached hydrogen (secondary N) is 2. The van der Waals surface area contributed by atoms with E-state index in [2.05, 4.69) is 29.7 Å². The maximum absolute atomic E-state index is 12.2. The van der Waals surface area contributed by atoms with E-state index >= 15 is 0 Å². The summed E-state index contributed by atoms with van der Waals surface area (Å²) >= 11 is 0. The van der Waals surface area contributed by atoms with E-state index in [1.807, 2.05) is 56.3 Å². The summed E-state index contributed by atoms with van der Waals surface area (Å²) in [5.41, 5.74) is 1.94. The van der Waals surface area contributed by atoms with Gasteiger partial charge in [-0.1, -0.05) is 43.3 Å². The number of anilines is 1. The zero-order valence-electron chi connectivity index (χ0n) is 14.6. The summed E-state index contributed by atoms with van der Waals surface area (Å²) in [6.07, 6.45) is 1.03. The number of hydrogen-bond acceptors (Lipinski definition) is 3. The fraction of sp³-hybridized carbons (Fsp3) is 0.350. The molecule has 0 saturated carbocycles. The second kappa shape index (κ2) is 9.08. The number of rotatable bonds is 8. The van der Waals surface area contributed by atoms with Crippen LogP contribution in [0.4, 0.5) is 5.69 Å². The fourth-order valence-electron chi connectivity index (χ4n) is 2.52. The topological polar surface area (TPSA) is 50.4 Å². The van der Waals surface area contributed by atoms with Crippen LogP contribution in [0.25, 0.3) is 0 Å². The average Bonchev–Trinajstić information content (AvgIpc) is 2.56. The Bertz CT molecular complexity index is 641. The van der Waals surface area contributed by atoms with E-state index in [1.54, 1.807) is 0 Å². The van der Waals surface area contributed by atoms with Crippen molar-refractivity contribution in [3.63, 3.8) is 0 Å². The van der Waals surface area contributed by atoms with Gasteiger partial charge in [-0.25, -0.2) is 0 Å². The van der Waals surface area contributed by atoms with Crippen molar-refractivity contribution in [1.82, 2.24) is 5.32 Å². The zero-order chi connectivity index (χ0) is 17.4. The van der Waals surface area contributed by atoms with Crippen LogP contribution in [0.2, 0.25) is 0 Å². The van der Waals surface area contributed by atoms with Crippen molar-refractivity contribution in [3.8, 4) is 5.75 Å². The van der Waals surface area contributed by atoms with Crippen LogP contribution in [-0.4, -0.2) is 18.6 Å². The number of benzene rings is 2. The third-order valence-corrected chi connectivity index (χ3v) is 3.61. The van der Waals surface area contributed by atoms with Gasteiger partial charge in [-0.3, -0.25) is 4.79 Å². The molecule has 0 bridgehead atoms. The summed E-state index contributed by atoms with van der Waals surface area (Å²) in [4.78, 5) is 12.2. The van der Waals surface area contributed by atoms with Gasteiger partial charge in [0.1, 0.15) is 5.75 Å². The summed E-state index contributed by atoms with van der Waals surface area (Å²) in [6, 6.07) is 17.8. The minimum absolute atomic E-state index is 0.0638. The first-order valence-corrected chi connectivity index (χ1v) is 8.43. The van der Waals surface area contributed by atoms with Gasteiger partial charge in [0.15, 0.2) is 0 Å². The molecule has 2 aromatic rings. The van der Waals surface area contributed by atoms with E-state index in [4.69, 9.17) is 4.74 Å². The largest absolute Gasteiger partial charge is 0.491 e.